The number of hydrogen-bond donors (Lipinski definition) is 1. The van der Waals surface area contributed by atoms with E-state index in [9.17, 15) is 14.4 Å². The van der Waals surface area contributed by atoms with Gasteiger partial charge in [0.1, 0.15) is 5.41 Å². The van der Waals surface area contributed by atoms with Gasteiger partial charge in [-0.3, -0.25) is 19.7 Å². The second-order valence-corrected chi connectivity index (χ2v) is 8.20. The van der Waals surface area contributed by atoms with Gasteiger partial charge in [-0.25, -0.2) is 0 Å². The minimum absolute atomic E-state index is 0.0530. The molecule has 128 valence electrons. The van der Waals surface area contributed by atoms with E-state index in [1.54, 1.807) is 0 Å². The van der Waals surface area contributed by atoms with Gasteiger partial charge in [0.15, 0.2) is 0 Å². The zero-order chi connectivity index (χ0) is 17.0. The van der Waals surface area contributed by atoms with Crippen molar-refractivity contribution >= 4 is 17.7 Å². The SMILES string of the molecule is CC[C@@H]1CCCCN1C(=O)[C@]12CC[C@@](C)(C(=O)NC1=O)C2(C)C. The Morgan fingerprint density at radius 3 is 2.52 bits per heavy atom. The van der Waals surface area contributed by atoms with E-state index in [4.69, 9.17) is 0 Å². The zero-order valence-corrected chi connectivity index (χ0v) is 14.7. The Kier molecular flexibility index (Phi) is 3.62. The molecule has 3 atom stereocenters. The van der Waals surface area contributed by atoms with E-state index < -0.39 is 16.2 Å². The lowest BCUT2D eigenvalue weighted by atomic mass is 9.55. The molecule has 0 aromatic rings. The summed E-state index contributed by atoms with van der Waals surface area (Å²) in [6.07, 6.45) is 5.13. The minimum Gasteiger partial charge on any atom is -0.339 e. The smallest absolute Gasteiger partial charge is 0.242 e. The molecule has 0 spiro atoms. The number of likely N-dealkylation sites (tertiary alicyclic amines) is 1. The lowest BCUT2D eigenvalue weighted by Crippen LogP contribution is -2.68. The molecule has 5 heteroatoms. The molecule has 0 unspecified atom stereocenters. The Balaban J connectivity index is 2.04. The molecule has 3 aliphatic rings. The van der Waals surface area contributed by atoms with E-state index in [0.717, 1.165) is 32.2 Å². The van der Waals surface area contributed by atoms with Crippen LogP contribution < -0.4 is 5.32 Å². The van der Waals surface area contributed by atoms with Crippen LogP contribution >= 0.6 is 0 Å². The van der Waals surface area contributed by atoms with E-state index in [1.165, 1.54) is 0 Å². The predicted octanol–water partition coefficient (Wildman–Crippen LogP) is 2.25. The Bertz CT molecular complexity index is 571. The van der Waals surface area contributed by atoms with Crippen molar-refractivity contribution in [2.75, 3.05) is 6.54 Å². The molecule has 3 amide bonds. The van der Waals surface area contributed by atoms with Crippen LogP contribution in [-0.4, -0.2) is 35.2 Å². The maximum Gasteiger partial charge on any atom is 0.242 e. The molecule has 23 heavy (non-hydrogen) atoms. The second kappa shape index (κ2) is 5.05. The van der Waals surface area contributed by atoms with Crippen molar-refractivity contribution < 1.29 is 14.4 Å². The molecule has 1 N–H and O–H groups in total. The first-order valence-corrected chi connectivity index (χ1v) is 8.89. The molecule has 2 heterocycles. The standard InChI is InChI=1S/C18H28N2O3/c1-5-12-8-6-7-11-20(12)15(23)18-10-9-17(4,16(18,2)3)13(21)19-14(18)22/h12H,5-11H2,1-4H3,(H,19,21,22)/t12-,17+,18+/m1/s1. The fourth-order valence-electron chi connectivity index (χ4n) is 5.08. The van der Waals surface area contributed by atoms with Gasteiger partial charge in [-0.2, -0.15) is 0 Å². The Morgan fingerprint density at radius 2 is 1.87 bits per heavy atom. The van der Waals surface area contributed by atoms with Crippen molar-refractivity contribution in [2.45, 2.75) is 72.3 Å². The average Bonchev–Trinajstić information content (AvgIpc) is 2.67. The van der Waals surface area contributed by atoms with Gasteiger partial charge in [0.05, 0.1) is 5.41 Å². The number of hydrogen-bond acceptors (Lipinski definition) is 3. The third kappa shape index (κ3) is 1.82. The van der Waals surface area contributed by atoms with Gasteiger partial charge in [-0.15, -0.1) is 0 Å². The van der Waals surface area contributed by atoms with E-state index >= 15 is 0 Å². The van der Waals surface area contributed by atoms with E-state index in [0.29, 0.717) is 12.8 Å². The molecule has 3 rings (SSSR count). The molecule has 3 fully saturated rings. The van der Waals surface area contributed by atoms with Crippen molar-refractivity contribution in [3.8, 4) is 0 Å². The lowest BCUT2D eigenvalue weighted by molar-refractivity contribution is -0.172. The number of fused-ring (bicyclic) bond motifs is 2. The van der Waals surface area contributed by atoms with Crippen LogP contribution in [0.15, 0.2) is 0 Å². The summed E-state index contributed by atoms with van der Waals surface area (Å²) in [7, 11) is 0. The number of carbonyl (C=O) groups is 3. The van der Waals surface area contributed by atoms with Crippen LogP contribution in [0.25, 0.3) is 0 Å². The maximum atomic E-state index is 13.5. The van der Waals surface area contributed by atoms with Crippen LogP contribution in [0.3, 0.4) is 0 Å². The number of rotatable bonds is 2. The molecule has 1 aliphatic carbocycles. The summed E-state index contributed by atoms with van der Waals surface area (Å²) in [5, 5.41) is 2.51. The van der Waals surface area contributed by atoms with Gasteiger partial charge < -0.3 is 4.90 Å². The third-order valence-corrected chi connectivity index (χ3v) is 7.29. The molecule has 2 aliphatic heterocycles. The number of imide groups is 1. The van der Waals surface area contributed by atoms with Gasteiger partial charge >= 0.3 is 0 Å². The van der Waals surface area contributed by atoms with E-state index in [1.807, 2.05) is 25.7 Å². The summed E-state index contributed by atoms with van der Waals surface area (Å²) in [5.41, 5.74) is -2.42. The van der Waals surface area contributed by atoms with Crippen molar-refractivity contribution in [3.05, 3.63) is 0 Å². The number of carbonyl (C=O) groups excluding carboxylic acids is 3. The van der Waals surface area contributed by atoms with Gasteiger partial charge in [0.25, 0.3) is 0 Å². The number of nitrogens with one attached hydrogen (secondary N) is 1. The number of nitrogens with zero attached hydrogens (tertiary/aromatic N) is 1. The first kappa shape index (κ1) is 16.5. The van der Waals surface area contributed by atoms with Gasteiger partial charge in [-0.05, 0) is 38.5 Å². The zero-order valence-electron chi connectivity index (χ0n) is 14.7. The first-order valence-electron chi connectivity index (χ1n) is 8.89. The lowest BCUT2D eigenvalue weighted by Gasteiger charge is -2.52. The van der Waals surface area contributed by atoms with Crippen LogP contribution in [0, 0.1) is 16.2 Å². The maximum absolute atomic E-state index is 13.5. The molecule has 0 aromatic carbocycles. The van der Waals surface area contributed by atoms with Crippen LogP contribution in [0.2, 0.25) is 0 Å². The molecule has 5 nitrogen and oxygen atoms in total. The van der Waals surface area contributed by atoms with Crippen molar-refractivity contribution in [2.24, 2.45) is 16.2 Å². The normalized spacial score (nSPS) is 39.3. The molecular formula is C18H28N2O3. The highest BCUT2D eigenvalue weighted by atomic mass is 16.2. The molecule has 1 saturated carbocycles. The minimum atomic E-state index is -1.10. The first-order chi connectivity index (χ1) is 10.7. The van der Waals surface area contributed by atoms with Crippen LogP contribution in [0.5, 0.6) is 0 Å². The summed E-state index contributed by atoms with van der Waals surface area (Å²) in [4.78, 5) is 40.7. The molecule has 0 aromatic heterocycles. The van der Waals surface area contributed by atoms with Crippen LogP contribution in [0.1, 0.15) is 66.2 Å². The Morgan fingerprint density at radius 1 is 1.17 bits per heavy atom. The van der Waals surface area contributed by atoms with Crippen molar-refractivity contribution in [3.63, 3.8) is 0 Å². The quantitative estimate of drug-likeness (QED) is 0.627. The van der Waals surface area contributed by atoms with Gasteiger partial charge in [0, 0.05) is 18.0 Å². The highest BCUT2D eigenvalue weighted by Gasteiger charge is 2.74. The molecular weight excluding hydrogens is 292 g/mol. The second-order valence-electron chi connectivity index (χ2n) is 8.20. The highest BCUT2D eigenvalue weighted by molar-refractivity contribution is 6.16. The number of piperidine rings is 2. The van der Waals surface area contributed by atoms with Gasteiger partial charge in [0.2, 0.25) is 17.7 Å². The Labute approximate surface area is 138 Å². The van der Waals surface area contributed by atoms with E-state index in [-0.39, 0.29) is 23.8 Å². The molecule has 0 radical (unpaired) electrons. The van der Waals surface area contributed by atoms with Crippen molar-refractivity contribution in [1.82, 2.24) is 10.2 Å². The third-order valence-electron chi connectivity index (χ3n) is 7.29. The number of amides is 3. The van der Waals surface area contributed by atoms with Crippen LogP contribution in [-0.2, 0) is 14.4 Å². The van der Waals surface area contributed by atoms with Crippen molar-refractivity contribution in [1.29, 1.82) is 0 Å². The summed E-state index contributed by atoms with van der Waals surface area (Å²) in [6, 6.07) is 0.221. The molecule has 2 saturated heterocycles. The summed E-state index contributed by atoms with van der Waals surface area (Å²) in [6.45, 7) is 8.59. The topological polar surface area (TPSA) is 66.5 Å². The fraction of sp³-hybridized carbons (Fsp3) is 0.833. The summed E-state index contributed by atoms with van der Waals surface area (Å²) in [5.74, 6) is -0.658. The molecule has 2 bridgehead atoms. The summed E-state index contributed by atoms with van der Waals surface area (Å²) < 4.78 is 0. The Hall–Kier alpha value is -1.39. The largest absolute Gasteiger partial charge is 0.339 e. The highest BCUT2D eigenvalue weighted by Crippen LogP contribution is 2.65. The van der Waals surface area contributed by atoms with E-state index in [2.05, 4.69) is 12.2 Å². The van der Waals surface area contributed by atoms with Crippen LogP contribution in [0.4, 0.5) is 0 Å². The van der Waals surface area contributed by atoms with Gasteiger partial charge in [-0.1, -0.05) is 27.7 Å². The average molecular weight is 320 g/mol. The summed E-state index contributed by atoms with van der Waals surface area (Å²) >= 11 is 0. The monoisotopic (exact) mass is 320 g/mol. The predicted molar refractivity (Wildman–Crippen MR) is 86.3 cm³/mol. The fourth-order valence-corrected chi connectivity index (χ4v) is 5.08.